The number of carbonyl (C=O) groups excluding carboxylic acids is 1. The van der Waals surface area contributed by atoms with Gasteiger partial charge in [0.05, 0.1) is 11.6 Å². The molecule has 0 aromatic heterocycles. The first-order valence-electron chi connectivity index (χ1n) is 10.2. The fourth-order valence-electron chi connectivity index (χ4n) is 3.74. The number of hydrogen-bond donors (Lipinski definition) is 1. The van der Waals surface area contributed by atoms with Crippen LogP contribution in [0.2, 0.25) is 0 Å². The van der Waals surface area contributed by atoms with Crippen LogP contribution in [0, 0.1) is 17.2 Å². The molecule has 4 heteroatoms. The van der Waals surface area contributed by atoms with Crippen molar-refractivity contribution in [2.45, 2.75) is 45.7 Å². The molecule has 1 N–H and O–H groups in total. The quantitative estimate of drug-likeness (QED) is 0.795. The Hall–Kier alpha value is -2.64. The van der Waals surface area contributed by atoms with E-state index < -0.39 is 0 Å². The Kier molecular flexibility index (Phi) is 7.22. The van der Waals surface area contributed by atoms with E-state index in [0.717, 1.165) is 23.6 Å². The second-order valence-electron chi connectivity index (χ2n) is 7.88. The van der Waals surface area contributed by atoms with Crippen molar-refractivity contribution in [1.29, 1.82) is 5.26 Å². The predicted molar refractivity (Wildman–Crippen MR) is 111 cm³/mol. The first kappa shape index (κ1) is 20.1. The van der Waals surface area contributed by atoms with Crippen molar-refractivity contribution >= 4 is 5.91 Å². The largest absolute Gasteiger partial charge is 0.352 e. The van der Waals surface area contributed by atoms with Crippen molar-refractivity contribution in [2.24, 2.45) is 5.92 Å². The van der Waals surface area contributed by atoms with Gasteiger partial charge in [-0.1, -0.05) is 43.3 Å². The lowest BCUT2D eigenvalue weighted by Crippen LogP contribution is -2.33. The van der Waals surface area contributed by atoms with Gasteiger partial charge in [0, 0.05) is 26.1 Å². The van der Waals surface area contributed by atoms with Crippen LogP contribution in [0.5, 0.6) is 0 Å². The van der Waals surface area contributed by atoms with Gasteiger partial charge in [0.25, 0.3) is 0 Å². The van der Waals surface area contributed by atoms with Gasteiger partial charge in [0.1, 0.15) is 0 Å². The molecule has 0 spiro atoms. The second-order valence-corrected chi connectivity index (χ2v) is 7.88. The lowest BCUT2D eigenvalue weighted by atomic mass is 9.99. The van der Waals surface area contributed by atoms with Gasteiger partial charge in [0.2, 0.25) is 5.91 Å². The van der Waals surface area contributed by atoms with Gasteiger partial charge in [-0.15, -0.1) is 0 Å². The van der Waals surface area contributed by atoms with Crippen molar-refractivity contribution in [1.82, 2.24) is 10.2 Å². The van der Waals surface area contributed by atoms with E-state index in [1.54, 1.807) is 12.1 Å². The third-order valence-electron chi connectivity index (χ3n) is 5.38. The monoisotopic (exact) mass is 375 g/mol. The number of nitrogens with one attached hydrogen (secondary N) is 1. The molecule has 146 valence electrons. The van der Waals surface area contributed by atoms with Crippen molar-refractivity contribution in [3.05, 3.63) is 70.8 Å². The molecule has 1 aliphatic heterocycles. The highest BCUT2D eigenvalue weighted by Crippen LogP contribution is 2.18. The molecule has 1 heterocycles. The summed E-state index contributed by atoms with van der Waals surface area (Å²) in [6.07, 6.45) is 3.79. The smallest absolute Gasteiger partial charge is 0.220 e. The van der Waals surface area contributed by atoms with Gasteiger partial charge < -0.3 is 5.32 Å². The summed E-state index contributed by atoms with van der Waals surface area (Å²) in [6, 6.07) is 18.1. The van der Waals surface area contributed by atoms with Crippen LogP contribution in [0.1, 0.15) is 48.4 Å². The highest BCUT2D eigenvalue weighted by molar-refractivity contribution is 5.76. The fourth-order valence-corrected chi connectivity index (χ4v) is 3.74. The number of likely N-dealkylation sites (tertiary alicyclic amines) is 1. The number of benzene rings is 2. The Morgan fingerprint density at radius 1 is 1.11 bits per heavy atom. The summed E-state index contributed by atoms with van der Waals surface area (Å²) in [5, 5.41) is 11.8. The molecule has 1 atom stereocenters. The van der Waals surface area contributed by atoms with Crippen LogP contribution < -0.4 is 5.32 Å². The first-order chi connectivity index (χ1) is 13.6. The zero-order chi connectivity index (χ0) is 19.8. The van der Waals surface area contributed by atoms with Crippen molar-refractivity contribution in [2.75, 3.05) is 13.1 Å². The molecule has 1 aliphatic rings. The van der Waals surface area contributed by atoms with Crippen LogP contribution in [0.3, 0.4) is 0 Å². The number of nitriles is 1. The SMILES string of the molecule is C[C@H]1CCCN(Cc2ccc(CNC(=O)CCc3ccc(C#N)cc3)cc2)C1. The summed E-state index contributed by atoms with van der Waals surface area (Å²) >= 11 is 0. The average molecular weight is 376 g/mol. The van der Waals surface area contributed by atoms with Crippen LogP contribution in [0.25, 0.3) is 0 Å². The molecule has 0 saturated carbocycles. The average Bonchev–Trinajstić information content (AvgIpc) is 2.72. The van der Waals surface area contributed by atoms with Gasteiger partial charge in [-0.05, 0) is 60.5 Å². The summed E-state index contributed by atoms with van der Waals surface area (Å²) in [7, 11) is 0. The minimum atomic E-state index is 0.0516. The minimum Gasteiger partial charge on any atom is -0.352 e. The predicted octanol–water partition coefficient (Wildman–Crippen LogP) is 4.04. The summed E-state index contributed by atoms with van der Waals surface area (Å²) in [5.74, 6) is 0.850. The Morgan fingerprint density at radius 3 is 2.46 bits per heavy atom. The standard InChI is InChI=1S/C24H29N3O/c1-19-3-2-14-27(17-19)18-23-10-8-22(9-11-23)16-26-24(28)13-12-20-4-6-21(15-25)7-5-20/h4-11,19H,2-3,12-14,16-18H2,1H3,(H,26,28)/t19-/m0/s1. The van der Waals surface area contributed by atoms with Gasteiger partial charge in [0.15, 0.2) is 0 Å². The number of hydrogen-bond acceptors (Lipinski definition) is 3. The molecular weight excluding hydrogens is 346 g/mol. The molecule has 4 nitrogen and oxygen atoms in total. The molecule has 28 heavy (non-hydrogen) atoms. The van der Waals surface area contributed by atoms with E-state index in [2.05, 4.69) is 47.5 Å². The van der Waals surface area contributed by atoms with E-state index in [-0.39, 0.29) is 5.91 Å². The lowest BCUT2D eigenvalue weighted by Gasteiger charge is -2.30. The van der Waals surface area contributed by atoms with E-state index in [4.69, 9.17) is 5.26 Å². The Bertz CT molecular complexity index is 805. The molecule has 0 radical (unpaired) electrons. The zero-order valence-electron chi connectivity index (χ0n) is 16.7. The van der Waals surface area contributed by atoms with Crippen molar-refractivity contribution in [3.63, 3.8) is 0 Å². The van der Waals surface area contributed by atoms with Crippen molar-refractivity contribution in [3.8, 4) is 6.07 Å². The van der Waals surface area contributed by atoms with Crippen LogP contribution in [-0.4, -0.2) is 23.9 Å². The number of aryl methyl sites for hydroxylation is 1. The molecule has 1 fully saturated rings. The summed E-state index contributed by atoms with van der Waals surface area (Å²) in [4.78, 5) is 14.6. The Morgan fingerprint density at radius 2 is 1.79 bits per heavy atom. The number of nitrogens with zero attached hydrogens (tertiary/aromatic N) is 2. The third kappa shape index (κ3) is 6.21. The first-order valence-corrected chi connectivity index (χ1v) is 10.2. The molecule has 1 saturated heterocycles. The van der Waals surface area contributed by atoms with Crippen LogP contribution in [0.15, 0.2) is 48.5 Å². The maximum atomic E-state index is 12.1. The molecule has 2 aromatic carbocycles. The molecule has 0 aliphatic carbocycles. The van der Waals surface area contributed by atoms with E-state index in [9.17, 15) is 4.79 Å². The number of rotatable bonds is 7. The molecule has 3 rings (SSSR count). The topological polar surface area (TPSA) is 56.1 Å². The van der Waals surface area contributed by atoms with Crippen LogP contribution >= 0.6 is 0 Å². The fraction of sp³-hybridized carbons (Fsp3) is 0.417. The van der Waals surface area contributed by atoms with Gasteiger partial charge in [-0.2, -0.15) is 5.26 Å². The van der Waals surface area contributed by atoms with Gasteiger partial charge in [-0.3, -0.25) is 9.69 Å². The number of carbonyl (C=O) groups is 1. The normalized spacial score (nSPS) is 17.1. The zero-order valence-corrected chi connectivity index (χ0v) is 16.7. The Labute approximate surface area is 168 Å². The lowest BCUT2D eigenvalue weighted by molar-refractivity contribution is -0.121. The Balaban J connectivity index is 1.40. The molecule has 0 bridgehead atoms. The molecule has 1 amide bonds. The van der Waals surface area contributed by atoms with Gasteiger partial charge in [-0.25, -0.2) is 0 Å². The summed E-state index contributed by atoms with van der Waals surface area (Å²) < 4.78 is 0. The molecular formula is C24H29N3O. The molecule has 2 aromatic rings. The van der Waals surface area contributed by atoms with E-state index in [1.807, 2.05) is 12.1 Å². The van der Waals surface area contributed by atoms with E-state index >= 15 is 0 Å². The van der Waals surface area contributed by atoms with Crippen molar-refractivity contribution < 1.29 is 4.79 Å². The third-order valence-corrected chi connectivity index (χ3v) is 5.38. The maximum absolute atomic E-state index is 12.1. The maximum Gasteiger partial charge on any atom is 0.220 e. The highest BCUT2D eigenvalue weighted by atomic mass is 16.1. The van der Waals surface area contributed by atoms with E-state index in [1.165, 1.54) is 31.5 Å². The second kappa shape index (κ2) is 10.1. The summed E-state index contributed by atoms with van der Waals surface area (Å²) in [5.41, 5.74) is 4.18. The number of piperidine rings is 1. The minimum absolute atomic E-state index is 0.0516. The summed E-state index contributed by atoms with van der Waals surface area (Å²) in [6.45, 7) is 6.30. The van der Waals surface area contributed by atoms with E-state index in [0.29, 0.717) is 24.9 Å². The van der Waals surface area contributed by atoms with Crippen LogP contribution in [0.4, 0.5) is 0 Å². The number of amides is 1. The van der Waals surface area contributed by atoms with Gasteiger partial charge >= 0.3 is 0 Å². The van der Waals surface area contributed by atoms with Crippen LogP contribution in [-0.2, 0) is 24.3 Å². The molecule has 0 unspecified atom stereocenters. The highest BCUT2D eigenvalue weighted by Gasteiger charge is 2.16.